The molecule has 3 rings (SSSR count). The van der Waals surface area contributed by atoms with E-state index in [1.54, 1.807) is 10.9 Å². The van der Waals surface area contributed by atoms with Crippen molar-refractivity contribution in [2.45, 2.75) is 6.61 Å². The van der Waals surface area contributed by atoms with Crippen LogP contribution in [0.4, 0.5) is 5.82 Å². The summed E-state index contributed by atoms with van der Waals surface area (Å²) in [7, 11) is 0. The number of pyridine rings is 2. The van der Waals surface area contributed by atoms with Gasteiger partial charge in [0.05, 0.1) is 6.61 Å². The Morgan fingerprint density at radius 2 is 1.62 bits per heavy atom. The highest BCUT2D eigenvalue weighted by molar-refractivity contribution is 5.64. The highest BCUT2D eigenvalue weighted by Gasteiger charge is 1.98. The van der Waals surface area contributed by atoms with Crippen LogP contribution in [0, 0.1) is 0 Å². The molecule has 0 radical (unpaired) electrons. The van der Waals surface area contributed by atoms with Gasteiger partial charge in [-0.2, -0.15) is 10.1 Å². The van der Waals surface area contributed by atoms with Gasteiger partial charge in [0.1, 0.15) is 0 Å². The topological polar surface area (TPSA) is 51.1 Å². The lowest BCUT2D eigenvalue weighted by atomic mass is 10.1. The Morgan fingerprint density at radius 1 is 0.905 bits per heavy atom. The molecule has 0 spiro atoms. The fraction of sp³-hybridized carbons (Fsp3) is 0.0588. The summed E-state index contributed by atoms with van der Waals surface area (Å²) in [5.41, 5.74) is 7.37. The normalized spacial score (nSPS) is 10.3. The average Bonchev–Trinajstić information content (AvgIpc) is 2.57. The van der Waals surface area contributed by atoms with Gasteiger partial charge in [0.2, 0.25) is 0 Å². The third-order valence-corrected chi connectivity index (χ3v) is 3.14. The molecule has 1 aromatic carbocycles. The second-order valence-corrected chi connectivity index (χ2v) is 4.62. The van der Waals surface area contributed by atoms with Crippen LogP contribution < -0.4 is 4.68 Å². The molecule has 0 amide bonds. The van der Waals surface area contributed by atoms with Gasteiger partial charge >= 0.3 is 0 Å². The second kappa shape index (κ2) is 6.15. The van der Waals surface area contributed by atoms with Crippen molar-refractivity contribution in [3.8, 4) is 11.1 Å². The summed E-state index contributed by atoms with van der Waals surface area (Å²) in [5.74, 6) is 0.655. The van der Waals surface area contributed by atoms with E-state index < -0.39 is 0 Å². The predicted octanol–water partition coefficient (Wildman–Crippen LogP) is 3.00. The second-order valence-electron chi connectivity index (χ2n) is 4.62. The van der Waals surface area contributed by atoms with E-state index in [0.29, 0.717) is 5.82 Å². The molecule has 0 saturated heterocycles. The van der Waals surface area contributed by atoms with Gasteiger partial charge in [-0.3, -0.25) is 0 Å². The molecular formula is C17H15N3O. The van der Waals surface area contributed by atoms with Gasteiger partial charge in [0.15, 0.2) is 12.4 Å². The molecular weight excluding hydrogens is 262 g/mol. The maximum absolute atomic E-state index is 9.05. The number of aliphatic hydroxyl groups is 1. The molecule has 21 heavy (non-hydrogen) atoms. The van der Waals surface area contributed by atoms with Crippen molar-refractivity contribution in [3.63, 3.8) is 0 Å². The van der Waals surface area contributed by atoms with Gasteiger partial charge in [-0.15, -0.1) is 0 Å². The molecule has 4 nitrogen and oxygen atoms in total. The molecule has 4 heteroatoms. The zero-order chi connectivity index (χ0) is 14.5. The summed E-state index contributed by atoms with van der Waals surface area (Å²) in [6, 6.07) is 17.4. The highest BCUT2D eigenvalue weighted by Crippen LogP contribution is 2.21. The number of rotatable bonds is 4. The van der Waals surface area contributed by atoms with Crippen LogP contribution in [0.25, 0.3) is 16.6 Å². The summed E-state index contributed by atoms with van der Waals surface area (Å²) in [6.45, 7) is 0.0602. The highest BCUT2D eigenvalue weighted by atomic mass is 16.3. The zero-order valence-electron chi connectivity index (χ0n) is 11.4. The van der Waals surface area contributed by atoms with Gasteiger partial charge in [-0.05, 0) is 16.7 Å². The SMILES string of the molecule is OCc1ccc(-c2ccc([N-][n+]3ccccc3)nc2)cc1. The van der Waals surface area contributed by atoms with E-state index in [-0.39, 0.29) is 6.61 Å². The number of hydrogen-bond donors (Lipinski definition) is 1. The largest absolute Gasteiger partial charge is 0.438 e. The fourth-order valence-electron chi connectivity index (χ4n) is 1.99. The maximum atomic E-state index is 9.05. The standard InChI is InChI=1S/C17H15N3O/c21-13-14-4-6-15(7-5-14)16-8-9-17(18-12-16)19-20-10-2-1-3-11-20/h1-12,21H,13H2. The van der Waals surface area contributed by atoms with Gasteiger partial charge in [0.25, 0.3) is 0 Å². The van der Waals surface area contributed by atoms with E-state index in [4.69, 9.17) is 5.11 Å². The predicted molar refractivity (Wildman–Crippen MR) is 80.6 cm³/mol. The van der Waals surface area contributed by atoms with Gasteiger partial charge < -0.3 is 10.1 Å². The Kier molecular flexibility index (Phi) is 3.89. The van der Waals surface area contributed by atoms with Crippen LogP contribution in [0.3, 0.4) is 0 Å². The van der Waals surface area contributed by atoms with Crippen molar-refractivity contribution >= 4 is 5.82 Å². The van der Waals surface area contributed by atoms with Crippen LogP contribution in [-0.2, 0) is 6.61 Å². The zero-order valence-corrected chi connectivity index (χ0v) is 11.4. The molecule has 104 valence electrons. The first-order chi connectivity index (χ1) is 10.3. The van der Waals surface area contributed by atoms with Crippen LogP contribution in [0.2, 0.25) is 0 Å². The Morgan fingerprint density at radius 3 is 2.24 bits per heavy atom. The van der Waals surface area contributed by atoms with Gasteiger partial charge in [0, 0.05) is 18.0 Å². The summed E-state index contributed by atoms with van der Waals surface area (Å²) in [5, 5.41) is 9.05. The molecule has 3 aromatic rings. The molecule has 0 saturated carbocycles. The molecule has 0 aliphatic heterocycles. The summed E-state index contributed by atoms with van der Waals surface area (Å²) >= 11 is 0. The van der Waals surface area contributed by atoms with Crippen molar-refractivity contribution in [2.24, 2.45) is 0 Å². The molecule has 0 fully saturated rings. The molecule has 1 N–H and O–H groups in total. The smallest absolute Gasteiger partial charge is 0.182 e. The lowest BCUT2D eigenvalue weighted by Crippen LogP contribution is -2.26. The molecule has 0 unspecified atom stereocenters. The Balaban J connectivity index is 1.77. The third-order valence-electron chi connectivity index (χ3n) is 3.14. The lowest BCUT2D eigenvalue weighted by Gasteiger charge is -2.10. The molecule has 2 heterocycles. The molecule has 0 bridgehead atoms. The van der Waals surface area contributed by atoms with Gasteiger partial charge in [-0.25, -0.2) is 0 Å². The summed E-state index contributed by atoms with van der Waals surface area (Å²) in [4.78, 5) is 4.36. The van der Waals surface area contributed by atoms with E-state index in [9.17, 15) is 0 Å². The van der Waals surface area contributed by atoms with Crippen molar-refractivity contribution in [1.29, 1.82) is 0 Å². The van der Waals surface area contributed by atoms with Crippen LogP contribution in [-0.4, -0.2) is 10.1 Å². The lowest BCUT2D eigenvalue weighted by molar-refractivity contribution is -0.619. The number of aliphatic hydroxyl groups excluding tert-OH is 1. The number of hydrogen-bond acceptors (Lipinski definition) is 2. The maximum Gasteiger partial charge on any atom is 0.182 e. The number of aromatic nitrogens is 2. The summed E-state index contributed by atoms with van der Waals surface area (Å²) < 4.78 is 1.72. The van der Waals surface area contributed by atoms with Gasteiger partial charge in [-0.1, -0.05) is 48.7 Å². The third kappa shape index (κ3) is 3.24. The van der Waals surface area contributed by atoms with Crippen LogP contribution in [0.5, 0.6) is 0 Å². The quantitative estimate of drug-likeness (QED) is 0.745. The minimum Gasteiger partial charge on any atom is -0.438 e. The van der Waals surface area contributed by atoms with Crippen molar-refractivity contribution in [2.75, 3.05) is 0 Å². The molecule has 0 aliphatic rings. The minimum absolute atomic E-state index is 0.0602. The Bertz CT molecular complexity index is 694. The van der Waals surface area contributed by atoms with E-state index in [1.165, 1.54) is 0 Å². The first-order valence-corrected chi connectivity index (χ1v) is 6.70. The Hall–Kier alpha value is -2.72. The fourth-order valence-corrected chi connectivity index (χ4v) is 1.99. The van der Waals surface area contributed by atoms with E-state index in [1.807, 2.05) is 67.0 Å². The van der Waals surface area contributed by atoms with E-state index in [0.717, 1.165) is 16.7 Å². The minimum atomic E-state index is 0.0602. The monoisotopic (exact) mass is 277 g/mol. The molecule has 0 atom stereocenters. The summed E-state index contributed by atoms with van der Waals surface area (Å²) in [6.07, 6.45) is 5.53. The van der Waals surface area contributed by atoms with Crippen LogP contribution in [0.15, 0.2) is 73.2 Å². The molecule has 2 aromatic heterocycles. The van der Waals surface area contributed by atoms with Crippen LogP contribution >= 0.6 is 0 Å². The first-order valence-electron chi connectivity index (χ1n) is 6.70. The average molecular weight is 277 g/mol. The van der Waals surface area contributed by atoms with Crippen molar-refractivity contribution < 1.29 is 9.78 Å². The molecule has 0 aliphatic carbocycles. The van der Waals surface area contributed by atoms with Crippen molar-refractivity contribution in [3.05, 3.63) is 84.2 Å². The van der Waals surface area contributed by atoms with E-state index in [2.05, 4.69) is 10.4 Å². The van der Waals surface area contributed by atoms with Crippen molar-refractivity contribution in [1.82, 2.24) is 4.98 Å². The number of nitrogens with zero attached hydrogens (tertiary/aromatic N) is 3. The van der Waals surface area contributed by atoms with E-state index >= 15 is 0 Å². The first kappa shape index (κ1) is 13.3. The number of benzene rings is 1. The van der Waals surface area contributed by atoms with Crippen LogP contribution in [0.1, 0.15) is 5.56 Å². The Labute approximate surface area is 123 Å².